The van der Waals surface area contributed by atoms with Gasteiger partial charge >= 0.3 is 0 Å². The van der Waals surface area contributed by atoms with E-state index in [2.05, 4.69) is 10.3 Å². The minimum Gasteiger partial charge on any atom is -0.493 e. The van der Waals surface area contributed by atoms with Crippen LogP contribution in [0.4, 0.5) is 5.69 Å². The number of nitrogens with zero attached hydrogens (tertiary/aromatic N) is 2. The minimum absolute atomic E-state index is 0.138. The van der Waals surface area contributed by atoms with Gasteiger partial charge in [-0.25, -0.2) is 4.99 Å². The Balaban J connectivity index is 1.52. The number of nitrogens with one attached hydrogen (secondary N) is 1. The first-order valence-corrected chi connectivity index (χ1v) is 9.80. The zero-order valence-corrected chi connectivity index (χ0v) is 17.6. The van der Waals surface area contributed by atoms with Crippen molar-refractivity contribution in [3.05, 3.63) is 66.2 Å². The van der Waals surface area contributed by atoms with E-state index in [0.29, 0.717) is 34.2 Å². The summed E-state index contributed by atoms with van der Waals surface area (Å²) in [6.07, 6.45) is 6.38. The summed E-state index contributed by atoms with van der Waals surface area (Å²) in [6, 6.07) is 8.58. The van der Waals surface area contributed by atoms with Crippen LogP contribution >= 0.6 is 12.2 Å². The Bertz CT molecular complexity index is 1130. The van der Waals surface area contributed by atoms with Crippen LogP contribution in [0.5, 0.6) is 11.5 Å². The first-order valence-electron chi connectivity index (χ1n) is 9.39. The molecule has 0 bridgehead atoms. The number of rotatable bonds is 6. The number of thiocarbonyl (C=S) groups is 1. The molecule has 0 saturated carbocycles. The highest BCUT2D eigenvalue weighted by atomic mass is 32.1. The molecule has 1 aromatic carbocycles. The highest BCUT2D eigenvalue weighted by molar-refractivity contribution is 7.80. The lowest BCUT2D eigenvalue weighted by atomic mass is 9.91. The van der Waals surface area contributed by atoms with Gasteiger partial charge in [-0.1, -0.05) is 12.2 Å². The number of furan rings is 1. The largest absolute Gasteiger partial charge is 0.493 e. The number of hydrogen-bond acceptors (Lipinski definition) is 6. The van der Waals surface area contributed by atoms with Gasteiger partial charge in [0.15, 0.2) is 11.5 Å². The maximum atomic E-state index is 12.9. The number of carbonyl (C=O) groups excluding carboxylic acids is 2. The Morgan fingerprint density at radius 2 is 2.06 bits per heavy atom. The molecule has 0 saturated heterocycles. The van der Waals surface area contributed by atoms with E-state index in [0.717, 1.165) is 0 Å². The molecule has 4 rings (SSSR count). The quantitative estimate of drug-likeness (QED) is 0.698. The minimum atomic E-state index is -0.598. The smallest absolute Gasteiger partial charge is 0.255 e. The predicted octanol–water partition coefficient (Wildman–Crippen LogP) is 3.12. The fourth-order valence-corrected chi connectivity index (χ4v) is 3.56. The van der Waals surface area contributed by atoms with E-state index in [1.54, 1.807) is 48.6 Å². The van der Waals surface area contributed by atoms with E-state index in [4.69, 9.17) is 26.1 Å². The molecule has 0 radical (unpaired) electrons. The molecule has 31 heavy (non-hydrogen) atoms. The van der Waals surface area contributed by atoms with Gasteiger partial charge in [0.2, 0.25) is 11.0 Å². The van der Waals surface area contributed by atoms with Crippen molar-refractivity contribution >= 4 is 40.5 Å². The van der Waals surface area contributed by atoms with E-state index in [1.165, 1.54) is 25.4 Å². The number of hydrogen-bond donors (Lipinski definition) is 1. The fourth-order valence-electron chi connectivity index (χ4n) is 3.30. The number of methoxy groups -OCH3 is 2. The molecule has 8 nitrogen and oxygen atoms in total. The number of carbonyl (C=O) groups is 2. The van der Waals surface area contributed by atoms with Crippen molar-refractivity contribution in [2.75, 3.05) is 19.5 Å². The van der Waals surface area contributed by atoms with Gasteiger partial charge in [0.1, 0.15) is 5.76 Å². The van der Waals surface area contributed by atoms with Crippen molar-refractivity contribution in [3.8, 4) is 11.5 Å². The summed E-state index contributed by atoms with van der Waals surface area (Å²) in [5.41, 5.74) is 1.34. The van der Waals surface area contributed by atoms with Gasteiger partial charge in [-0.05, 0) is 42.6 Å². The lowest BCUT2D eigenvalue weighted by molar-refractivity contribution is -0.129. The summed E-state index contributed by atoms with van der Waals surface area (Å²) >= 11 is 5.30. The van der Waals surface area contributed by atoms with Crippen LogP contribution in [0.1, 0.15) is 5.76 Å². The van der Waals surface area contributed by atoms with Gasteiger partial charge in [0.25, 0.3) is 5.91 Å². The van der Waals surface area contributed by atoms with Crippen LogP contribution in [-0.4, -0.2) is 41.8 Å². The Labute approximate surface area is 183 Å². The van der Waals surface area contributed by atoms with Crippen molar-refractivity contribution in [2.24, 2.45) is 10.9 Å². The Kier molecular flexibility index (Phi) is 5.68. The second-order valence-corrected chi connectivity index (χ2v) is 7.15. The van der Waals surface area contributed by atoms with Crippen LogP contribution in [0.2, 0.25) is 0 Å². The summed E-state index contributed by atoms with van der Waals surface area (Å²) in [4.78, 5) is 31.4. The third-order valence-corrected chi connectivity index (χ3v) is 5.19. The molecule has 158 valence electrons. The van der Waals surface area contributed by atoms with Gasteiger partial charge in [-0.3, -0.25) is 14.5 Å². The predicted molar refractivity (Wildman–Crippen MR) is 118 cm³/mol. The third-order valence-electron chi connectivity index (χ3n) is 4.88. The van der Waals surface area contributed by atoms with Gasteiger partial charge in [-0.15, -0.1) is 0 Å². The number of benzene rings is 1. The van der Waals surface area contributed by atoms with E-state index in [1.807, 2.05) is 0 Å². The molecule has 1 N–H and O–H groups in total. The van der Waals surface area contributed by atoms with E-state index < -0.39 is 5.92 Å². The lowest BCUT2D eigenvalue weighted by Gasteiger charge is -2.30. The summed E-state index contributed by atoms with van der Waals surface area (Å²) in [7, 11) is 3.06. The molecule has 2 amide bonds. The topological polar surface area (TPSA) is 93.4 Å². The van der Waals surface area contributed by atoms with Gasteiger partial charge in [0, 0.05) is 17.3 Å². The maximum absolute atomic E-state index is 12.9. The fraction of sp³-hybridized carbons (Fsp3) is 0.182. The standard InChI is InChI=1S/C22H19N3O5S/c1-28-18-8-6-14(11-19(18)29-2)23-20(26)13-5-7-16-17(10-13)24-22(31)25(21(16)27)12-15-4-3-9-30-15/h3-11,16H,12H2,1-2H3,(H,23,26). The average molecular weight is 437 g/mol. The molecule has 2 heterocycles. The Morgan fingerprint density at radius 3 is 2.77 bits per heavy atom. The van der Waals surface area contributed by atoms with Gasteiger partial charge in [0.05, 0.1) is 38.7 Å². The van der Waals surface area contributed by atoms with Crippen molar-refractivity contribution in [1.82, 2.24) is 4.90 Å². The molecule has 1 unspecified atom stereocenters. The average Bonchev–Trinajstić information content (AvgIpc) is 3.29. The van der Waals surface area contributed by atoms with Crippen molar-refractivity contribution in [1.29, 1.82) is 0 Å². The number of aliphatic imine (C=N–C) groups is 1. The van der Waals surface area contributed by atoms with Crippen molar-refractivity contribution in [3.63, 3.8) is 0 Å². The molecule has 2 aromatic rings. The zero-order chi connectivity index (χ0) is 22.0. The molecule has 1 aromatic heterocycles. The molecule has 1 aliphatic carbocycles. The summed E-state index contributed by atoms with van der Waals surface area (Å²) in [5.74, 6) is 0.513. The van der Waals surface area contributed by atoms with E-state index in [9.17, 15) is 9.59 Å². The molecule has 0 fully saturated rings. The highest BCUT2D eigenvalue weighted by Gasteiger charge is 2.35. The second-order valence-electron chi connectivity index (χ2n) is 6.78. The summed E-state index contributed by atoms with van der Waals surface area (Å²) in [5, 5.41) is 2.94. The van der Waals surface area contributed by atoms with Crippen LogP contribution in [0.15, 0.2) is 69.8 Å². The monoisotopic (exact) mass is 437 g/mol. The number of fused-ring (bicyclic) bond motifs is 1. The third kappa shape index (κ3) is 4.13. The molecular formula is C22H19N3O5S. The molecule has 0 spiro atoms. The Hall–Kier alpha value is -3.72. The highest BCUT2D eigenvalue weighted by Crippen LogP contribution is 2.30. The molecule has 2 aliphatic rings. The van der Waals surface area contributed by atoms with Crippen molar-refractivity contribution < 1.29 is 23.5 Å². The number of amides is 2. The van der Waals surface area contributed by atoms with Crippen LogP contribution in [0.25, 0.3) is 0 Å². The van der Waals surface area contributed by atoms with Crippen LogP contribution in [0, 0.1) is 5.92 Å². The van der Waals surface area contributed by atoms with Crippen LogP contribution < -0.4 is 14.8 Å². The van der Waals surface area contributed by atoms with Crippen LogP contribution in [0.3, 0.4) is 0 Å². The number of ether oxygens (including phenoxy) is 2. The molecule has 1 atom stereocenters. The normalized spacial score (nSPS) is 17.6. The van der Waals surface area contributed by atoms with Crippen LogP contribution in [-0.2, 0) is 16.1 Å². The van der Waals surface area contributed by atoms with Gasteiger partial charge < -0.3 is 19.2 Å². The first kappa shape index (κ1) is 20.5. The van der Waals surface area contributed by atoms with Gasteiger partial charge in [-0.2, -0.15) is 0 Å². The SMILES string of the molecule is COc1ccc(NC(=O)C2=CC3=NC(=S)N(Cc4ccco4)C(=O)C3C=C2)cc1OC. The second kappa shape index (κ2) is 8.57. The zero-order valence-electron chi connectivity index (χ0n) is 16.8. The lowest BCUT2D eigenvalue weighted by Crippen LogP contribution is -2.45. The maximum Gasteiger partial charge on any atom is 0.255 e. The first-order chi connectivity index (χ1) is 15.0. The van der Waals surface area contributed by atoms with E-state index in [-0.39, 0.29) is 23.5 Å². The number of anilines is 1. The molecular weight excluding hydrogens is 418 g/mol. The summed E-state index contributed by atoms with van der Waals surface area (Å²) in [6.45, 7) is 0.210. The number of allylic oxidation sites excluding steroid dienone is 1. The van der Waals surface area contributed by atoms with E-state index >= 15 is 0 Å². The summed E-state index contributed by atoms with van der Waals surface area (Å²) < 4.78 is 15.8. The van der Waals surface area contributed by atoms with Crippen molar-refractivity contribution in [2.45, 2.75) is 6.54 Å². The molecule has 1 aliphatic heterocycles. The Morgan fingerprint density at radius 1 is 1.26 bits per heavy atom. The molecule has 9 heteroatoms.